The number of carboxylic acid groups (broad SMARTS) is 1. The first-order chi connectivity index (χ1) is 8.69. The summed E-state index contributed by atoms with van der Waals surface area (Å²) in [5, 5.41) is 7.41. The van der Waals surface area contributed by atoms with E-state index in [0.717, 1.165) is 0 Å². The first-order valence-corrected chi connectivity index (χ1v) is 5.23. The monoisotopic (exact) mass is 364 g/mol. The number of carboxylic acids is 1. The van der Waals surface area contributed by atoms with Crippen LogP contribution >= 0.6 is 0 Å². The fourth-order valence-electron chi connectivity index (χ4n) is 0.312. The molecule has 0 atom stereocenters. The van der Waals surface area contributed by atoms with Crippen LogP contribution in [0, 0.1) is 0 Å². The summed E-state index contributed by atoms with van der Waals surface area (Å²) in [6.45, 7) is 0. The van der Waals surface area contributed by atoms with Crippen molar-refractivity contribution in [2.45, 2.75) is 23.5 Å². The quantitative estimate of drug-likeness (QED) is 0.446. The molecule has 5 nitrogen and oxygen atoms in total. The minimum absolute atomic E-state index is 3.53. The zero-order valence-electron chi connectivity index (χ0n) is 8.81. The number of carbonyl (C=O) groups is 1. The van der Waals surface area contributed by atoms with Crippen molar-refractivity contribution in [3.05, 3.63) is 0 Å². The highest BCUT2D eigenvalue weighted by Gasteiger charge is 2.76. The van der Waals surface area contributed by atoms with Gasteiger partial charge in [0, 0.05) is 0 Å². The van der Waals surface area contributed by atoms with Gasteiger partial charge in [0.25, 0.3) is 0 Å². The van der Waals surface area contributed by atoms with Crippen molar-refractivity contribution in [1.29, 1.82) is 0 Å². The molecule has 2 N–H and O–H groups in total. The van der Waals surface area contributed by atoms with Gasteiger partial charge in [0.1, 0.15) is 0 Å². The Labute approximate surface area is 107 Å². The zero-order valence-corrected chi connectivity index (χ0v) is 9.62. The number of rotatable bonds is 2. The van der Waals surface area contributed by atoms with Crippen LogP contribution in [0.25, 0.3) is 0 Å². The molecule has 0 aliphatic heterocycles. The third kappa shape index (κ3) is 5.18. The predicted molar refractivity (Wildman–Crippen MR) is 41.2 cm³/mol. The van der Waals surface area contributed by atoms with Gasteiger partial charge in [-0.1, -0.05) is 0 Å². The molecule has 0 bridgehead atoms. The standard InChI is InChI=1S/C4HF7O2.CHF3O3S/c5-2(6,1(12)13)3(7,8)4(9,10)11;2-1(3,4)8(5,6)7/h(H,12,13);(H,5,6,7). The molecule has 0 rings (SSSR count). The molecular weight excluding hydrogens is 362 g/mol. The summed E-state index contributed by atoms with van der Waals surface area (Å²) in [5.41, 5.74) is -5.53. The van der Waals surface area contributed by atoms with E-state index in [4.69, 9.17) is 18.1 Å². The van der Waals surface area contributed by atoms with Crippen LogP contribution in [0.5, 0.6) is 0 Å². The highest BCUT2D eigenvalue weighted by Crippen LogP contribution is 2.46. The van der Waals surface area contributed by atoms with Crippen molar-refractivity contribution in [2.24, 2.45) is 0 Å². The van der Waals surface area contributed by atoms with Crippen molar-refractivity contribution >= 4 is 16.1 Å². The zero-order chi connectivity index (χ0) is 18.1. The molecule has 0 spiro atoms. The molecule has 0 aromatic carbocycles. The van der Waals surface area contributed by atoms with E-state index in [1.54, 1.807) is 0 Å². The molecule has 0 amide bonds. The van der Waals surface area contributed by atoms with Crippen LogP contribution in [0.3, 0.4) is 0 Å². The summed E-state index contributed by atoms with van der Waals surface area (Å²) < 4.78 is 138. The highest BCUT2D eigenvalue weighted by molar-refractivity contribution is 7.86. The topological polar surface area (TPSA) is 91.7 Å². The van der Waals surface area contributed by atoms with Gasteiger partial charge >= 0.3 is 39.6 Å². The molecular formula is C5H2F10O5S. The Balaban J connectivity index is 0. The van der Waals surface area contributed by atoms with E-state index < -0.39 is 39.6 Å². The van der Waals surface area contributed by atoms with Crippen molar-refractivity contribution in [3.8, 4) is 0 Å². The summed E-state index contributed by atoms with van der Waals surface area (Å²) in [6.07, 6.45) is -6.60. The molecule has 0 aromatic heterocycles. The Hall–Kier alpha value is -1.32. The molecule has 0 unspecified atom stereocenters. The van der Waals surface area contributed by atoms with Crippen LogP contribution < -0.4 is 0 Å². The Morgan fingerprint density at radius 1 is 0.810 bits per heavy atom. The van der Waals surface area contributed by atoms with Gasteiger partial charge in [0.2, 0.25) is 0 Å². The highest BCUT2D eigenvalue weighted by atomic mass is 32.2. The average Bonchev–Trinajstić information content (AvgIpc) is 2.12. The maximum Gasteiger partial charge on any atom is 0.522 e. The van der Waals surface area contributed by atoms with Crippen LogP contribution in [-0.2, 0) is 14.9 Å². The number of hydrogen-bond donors (Lipinski definition) is 2. The second-order valence-electron chi connectivity index (χ2n) is 2.87. The van der Waals surface area contributed by atoms with Crippen molar-refractivity contribution in [2.75, 3.05) is 0 Å². The van der Waals surface area contributed by atoms with Crippen molar-refractivity contribution in [3.63, 3.8) is 0 Å². The summed E-state index contributed by atoms with van der Waals surface area (Å²) in [7, 11) is -5.84. The van der Waals surface area contributed by atoms with Crippen LogP contribution in [0.2, 0.25) is 0 Å². The van der Waals surface area contributed by atoms with E-state index in [2.05, 4.69) is 0 Å². The van der Waals surface area contributed by atoms with Gasteiger partial charge in [-0.15, -0.1) is 0 Å². The Kier molecular flexibility index (Phi) is 6.09. The van der Waals surface area contributed by atoms with E-state index in [1.165, 1.54) is 0 Å². The predicted octanol–water partition coefficient (Wildman–Crippen LogP) is 2.30. The maximum absolute atomic E-state index is 11.8. The average molecular weight is 364 g/mol. The van der Waals surface area contributed by atoms with Crippen molar-refractivity contribution < 1.29 is 66.8 Å². The molecule has 0 aromatic rings. The summed E-state index contributed by atoms with van der Waals surface area (Å²) in [5.74, 6) is -16.3. The SMILES string of the molecule is O=C(O)C(F)(F)C(F)(F)C(F)(F)F.O=S(=O)(O)C(F)(F)F. The molecule has 0 saturated heterocycles. The van der Waals surface area contributed by atoms with E-state index in [1.807, 2.05) is 0 Å². The molecule has 0 aliphatic rings. The summed E-state index contributed by atoms with van der Waals surface area (Å²) in [4.78, 5) is 9.38. The van der Waals surface area contributed by atoms with Gasteiger partial charge in [-0.3, -0.25) is 4.55 Å². The fraction of sp³-hybridized carbons (Fsp3) is 0.800. The minimum atomic E-state index is -6.60. The molecule has 0 radical (unpaired) electrons. The fourth-order valence-corrected chi connectivity index (χ4v) is 0.312. The van der Waals surface area contributed by atoms with Crippen LogP contribution in [0.15, 0.2) is 0 Å². The molecule has 0 aliphatic carbocycles. The lowest BCUT2D eigenvalue weighted by Gasteiger charge is -2.24. The molecule has 0 heterocycles. The van der Waals surface area contributed by atoms with Gasteiger partial charge in [-0.05, 0) is 0 Å². The Morgan fingerprint density at radius 2 is 1.05 bits per heavy atom. The largest absolute Gasteiger partial charge is 0.522 e. The molecule has 16 heteroatoms. The second-order valence-corrected chi connectivity index (χ2v) is 4.29. The second kappa shape index (κ2) is 5.82. The van der Waals surface area contributed by atoms with Gasteiger partial charge < -0.3 is 5.11 Å². The van der Waals surface area contributed by atoms with Crippen molar-refractivity contribution in [1.82, 2.24) is 0 Å². The first-order valence-electron chi connectivity index (χ1n) is 3.79. The van der Waals surface area contributed by atoms with Gasteiger partial charge in [0.15, 0.2) is 0 Å². The molecule has 21 heavy (non-hydrogen) atoms. The Bertz CT molecular complexity index is 473. The molecule has 0 fully saturated rings. The van der Waals surface area contributed by atoms with E-state index in [9.17, 15) is 48.7 Å². The number of alkyl halides is 10. The lowest BCUT2D eigenvalue weighted by molar-refractivity contribution is -0.347. The lowest BCUT2D eigenvalue weighted by atomic mass is 10.1. The summed E-state index contributed by atoms with van der Waals surface area (Å²) in [6, 6.07) is 0. The first kappa shape index (κ1) is 22.0. The van der Waals surface area contributed by atoms with Gasteiger partial charge in [-0.2, -0.15) is 52.3 Å². The van der Waals surface area contributed by atoms with Gasteiger partial charge in [-0.25, -0.2) is 4.79 Å². The Morgan fingerprint density at radius 3 is 1.10 bits per heavy atom. The van der Waals surface area contributed by atoms with E-state index >= 15 is 0 Å². The third-order valence-electron chi connectivity index (χ3n) is 1.31. The van der Waals surface area contributed by atoms with Crippen LogP contribution in [0.1, 0.15) is 0 Å². The minimum Gasteiger partial charge on any atom is -0.477 e. The smallest absolute Gasteiger partial charge is 0.477 e. The lowest BCUT2D eigenvalue weighted by Crippen LogP contribution is -2.56. The van der Waals surface area contributed by atoms with Crippen LogP contribution in [-0.4, -0.2) is 47.6 Å². The maximum atomic E-state index is 11.8. The van der Waals surface area contributed by atoms with E-state index in [-0.39, 0.29) is 0 Å². The summed E-state index contributed by atoms with van der Waals surface area (Å²) >= 11 is 0. The number of hydrogen-bond acceptors (Lipinski definition) is 3. The van der Waals surface area contributed by atoms with Gasteiger partial charge in [0.05, 0.1) is 0 Å². The number of aliphatic carboxylic acids is 1. The number of halogens is 10. The normalized spacial score (nSPS) is 14.2. The van der Waals surface area contributed by atoms with Crippen LogP contribution in [0.4, 0.5) is 43.9 Å². The molecule has 128 valence electrons. The van der Waals surface area contributed by atoms with E-state index in [0.29, 0.717) is 0 Å². The third-order valence-corrected chi connectivity index (χ3v) is 1.90. The molecule has 0 saturated carbocycles.